The van der Waals surface area contributed by atoms with Gasteiger partial charge in [-0.25, -0.2) is 4.98 Å². The Morgan fingerprint density at radius 1 is 1.48 bits per heavy atom. The van der Waals surface area contributed by atoms with E-state index in [1.165, 1.54) is 0 Å². The number of carbonyl (C=O) groups is 2. The van der Waals surface area contributed by atoms with Gasteiger partial charge >= 0.3 is 5.97 Å². The number of aromatic nitrogens is 1. The lowest BCUT2D eigenvalue weighted by atomic mass is 9.98. The lowest BCUT2D eigenvalue weighted by Crippen LogP contribution is -2.50. The quantitative estimate of drug-likeness (QED) is 0.812. The van der Waals surface area contributed by atoms with E-state index in [9.17, 15) is 9.59 Å². The molecule has 1 aromatic rings. The molecule has 8 heteroatoms. The Labute approximate surface area is 152 Å². The minimum atomic E-state index is -0.871. The molecule has 0 aromatic carbocycles. The Kier molecular flexibility index (Phi) is 6.53. The van der Waals surface area contributed by atoms with Crippen LogP contribution in [0.25, 0.3) is 0 Å². The predicted molar refractivity (Wildman–Crippen MR) is 96.0 cm³/mol. The average Bonchev–Trinajstić information content (AvgIpc) is 2.95. The summed E-state index contributed by atoms with van der Waals surface area (Å²) in [6.07, 6.45) is 0.132. The van der Waals surface area contributed by atoms with Gasteiger partial charge < -0.3 is 14.7 Å². The van der Waals surface area contributed by atoms with Gasteiger partial charge in [0.05, 0.1) is 36.4 Å². The number of carboxylic acid groups (broad SMARTS) is 1. The zero-order valence-corrected chi connectivity index (χ0v) is 16.1. The van der Waals surface area contributed by atoms with Gasteiger partial charge in [-0.3, -0.25) is 14.5 Å². The molecule has 0 spiro atoms. The van der Waals surface area contributed by atoms with Crippen LogP contribution >= 0.6 is 11.3 Å². The topological polar surface area (TPSA) is 83.0 Å². The van der Waals surface area contributed by atoms with Crippen molar-refractivity contribution in [1.29, 1.82) is 0 Å². The maximum Gasteiger partial charge on any atom is 0.317 e. The number of rotatable bonds is 6. The molecule has 1 aromatic heterocycles. The molecule has 0 unspecified atom stereocenters. The molecule has 1 amide bonds. The van der Waals surface area contributed by atoms with Gasteiger partial charge in [-0.1, -0.05) is 20.8 Å². The molecule has 1 fully saturated rings. The van der Waals surface area contributed by atoms with Crippen molar-refractivity contribution in [1.82, 2.24) is 14.8 Å². The molecular weight excluding hydrogens is 342 g/mol. The van der Waals surface area contributed by atoms with E-state index in [0.29, 0.717) is 32.7 Å². The lowest BCUT2D eigenvalue weighted by molar-refractivity contribution is -0.142. The maximum atomic E-state index is 12.6. The number of nitrogens with zero attached hydrogens (tertiary/aromatic N) is 3. The van der Waals surface area contributed by atoms with E-state index in [4.69, 9.17) is 9.84 Å². The van der Waals surface area contributed by atoms with E-state index in [1.807, 2.05) is 5.38 Å². The minimum Gasteiger partial charge on any atom is -0.480 e. The molecule has 25 heavy (non-hydrogen) atoms. The first-order valence-corrected chi connectivity index (χ1v) is 9.27. The zero-order chi connectivity index (χ0) is 18.6. The van der Waals surface area contributed by atoms with Crippen molar-refractivity contribution in [2.24, 2.45) is 0 Å². The van der Waals surface area contributed by atoms with Gasteiger partial charge in [0.1, 0.15) is 0 Å². The van der Waals surface area contributed by atoms with E-state index in [2.05, 4.69) is 25.8 Å². The molecule has 2 heterocycles. The van der Waals surface area contributed by atoms with Crippen LogP contribution in [-0.4, -0.2) is 77.7 Å². The van der Waals surface area contributed by atoms with Crippen molar-refractivity contribution in [2.45, 2.75) is 38.7 Å². The van der Waals surface area contributed by atoms with Crippen molar-refractivity contribution >= 4 is 23.2 Å². The number of morpholine rings is 1. The number of amides is 1. The van der Waals surface area contributed by atoms with E-state index in [-0.39, 0.29) is 24.0 Å². The van der Waals surface area contributed by atoms with Gasteiger partial charge in [0.2, 0.25) is 5.91 Å². The van der Waals surface area contributed by atoms with Gasteiger partial charge in [-0.15, -0.1) is 11.3 Å². The number of hydrogen-bond acceptors (Lipinski definition) is 6. The third-order valence-electron chi connectivity index (χ3n) is 3.94. The normalized spacial score (nSPS) is 18.6. The molecule has 0 saturated carbocycles. The largest absolute Gasteiger partial charge is 0.480 e. The first-order chi connectivity index (χ1) is 11.6. The van der Waals surface area contributed by atoms with Crippen molar-refractivity contribution in [3.05, 3.63) is 16.1 Å². The van der Waals surface area contributed by atoms with Crippen molar-refractivity contribution in [3.63, 3.8) is 0 Å². The number of likely N-dealkylation sites (N-methyl/N-ethyl adjacent to an activating group) is 1. The number of ether oxygens (including phenoxy) is 1. The molecule has 7 nitrogen and oxygen atoms in total. The van der Waals surface area contributed by atoms with E-state index in [1.54, 1.807) is 28.2 Å². The highest BCUT2D eigenvalue weighted by atomic mass is 32.1. The zero-order valence-electron chi connectivity index (χ0n) is 15.3. The summed E-state index contributed by atoms with van der Waals surface area (Å²) < 4.78 is 5.67. The van der Waals surface area contributed by atoms with Gasteiger partial charge in [0.15, 0.2) is 0 Å². The summed E-state index contributed by atoms with van der Waals surface area (Å²) in [6, 6.07) is 0. The van der Waals surface area contributed by atoms with Crippen molar-refractivity contribution < 1.29 is 19.4 Å². The van der Waals surface area contributed by atoms with Gasteiger partial charge in [-0.2, -0.15) is 0 Å². The van der Waals surface area contributed by atoms with Crippen LogP contribution in [0, 0.1) is 0 Å². The Morgan fingerprint density at radius 3 is 2.80 bits per heavy atom. The van der Waals surface area contributed by atoms with Crippen LogP contribution < -0.4 is 0 Å². The molecule has 1 saturated heterocycles. The van der Waals surface area contributed by atoms with Crippen LogP contribution in [0.15, 0.2) is 5.38 Å². The van der Waals surface area contributed by atoms with Crippen LogP contribution in [0.2, 0.25) is 0 Å². The van der Waals surface area contributed by atoms with Crippen molar-refractivity contribution in [2.75, 3.05) is 39.8 Å². The first-order valence-electron chi connectivity index (χ1n) is 8.39. The minimum absolute atomic E-state index is 0.00918. The van der Waals surface area contributed by atoms with Crippen LogP contribution in [0.1, 0.15) is 31.5 Å². The molecule has 0 radical (unpaired) electrons. The molecule has 2 rings (SSSR count). The number of aliphatic carboxylic acids is 1. The van der Waals surface area contributed by atoms with Gasteiger partial charge in [0, 0.05) is 30.4 Å². The van der Waals surface area contributed by atoms with Crippen LogP contribution in [0.5, 0.6) is 0 Å². The Balaban J connectivity index is 1.89. The number of thiazole rings is 1. The maximum absolute atomic E-state index is 12.6. The Morgan fingerprint density at radius 2 is 2.20 bits per heavy atom. The van der Waals surface area contributed by atoms with E-state index < -0.39 is 5.97 Å². The summed E-state index contributed by atoms with van der Waals surface area (Å²) in [5, 5.41) is 11.8. The molecule has 0 aliphatic carbocycles. The molecule has 1 aliphatic rings. The highest BCUT2D eigenvalue weighted by Gasteiger charge is 2.26. The fraction of sp³-hybridized carbons (Fsp3) is 0.706. The smallest absolute Gasteiger partial charge is 0.317 e. The molecule has 1 N–H and O–H groups in total. The highest BCUT2D eigenvalue weighted by Crippen LogP contribution is 2.25. The fourth-order valence-electron chi connectivity index (χ4n) is 2.70. The standard InChI is InChI=1S/C17H27N3O4S/c1-17(2,3)16-18-12(11-25-16)7-14(21)20-5-6-24-13(9-20)8-19(4)10-15(22)23/h11,13H,5-10H2,1-4H3,(H,22,23)/t13-/m1/s1. The second kappa shape index (κ2) is 8.25. The first kappa shape index (κ1) is 19.8. The number of carboxylic acids is 1. The molecule has 140 valence electrons. The number of carbonyl (C=O) groups excluding carboxylic acids is 1. The fourth-order valence-corrected chi connectivity index (χ4v) is 3.61. The van der Waals surface area contributed by atoms with E-state index >= 15 is 0 Å². The summed E-state index contributed by atoms with van der Waals surface area (Å²) >= 11 is 1.59. The second-order valence-corrected chi connectivity index (χ2v) is 8.35. The highest BCUT2D eigenvalue weighted by molar-refractivity contribution is 7.09. The predicted octanol–water partition coefficient (Wildman–Crippen LogP) is 1.23. The Bertz CT molecular complexity index is 611. The lowest BCUT2D eigenvalue weighted by Gasteiger charge is -2.34. The van der Waals surface area contributed by atoms with Crippen LogP contribution in [0.4, 0.5) is 0 Å². The second-order valence-electron chi connectivity index (χ2n) is 7.49. The van der Waals surface area contributed by atoms with Crippen molar-refractivity contribution in [3.8, 4) is 0 Å². The molecule has 1 aliphatic heterocycles. The van der Waals surface area contributed by atoms with Gasteiger partial charge in [0.25, 0.3) is 0 Å². The number of hydrogen-bond donors (Lipinski definition) is 1. The molecule has 0 bridgehead atoms. The molecular formula is C17H27N3O4S. The summed E-state index contributed by atoms with van der Waals surface area (Å²) in [7, 11) is 1.74. The molecule has 1 atom stereocenters. The summed E-state index contributed by atoms with van der Waals surface area (Å²) in [6.45, 7) is 8.30. The third-order valence-corrected chi connectivity index (χ3v) is 5.25. The Hall–Kier alpha value is -1.51. The van der Waals surface area contributed by atoms with Crippen LogP contribution in [-0.2, 0) is 26.2 Å². The average molecular weight is 369 g/mol. The summed E-state index contributed by atoms with van der Waals surface area (Å²) in [5.74, 6) is -0.829. The summed E-state index contributed by atoms with van der Waals surface area (Å²) in [4.78, 5) is 31.4. The van der Waals surface area contributed by atoms with Gasteiger partial charge in [-0.05, 0) is 7.05 Å². The third kappa shape index (κ3) is 6.05. The summed E-state index contributed by atoms with van der Waals surface area (Å²) in [5.41, 5.74) is 0.802. The van der Waals surface area contributed by atoms with Crippen LogP contribution in [0.3, 0.4) is 0 Å². The SMILES string of the molecule is CN(CC(=O)O)C[C@@H]1CN(C(=O)Cc2csc(C(C)(C)C)n2)CCO1. The van der Waals surface area contributed by atoms with E-state index in [0.717, 1.165) is 10.7 Å². The monoisotopic (exact) mass is 369 g/mol.